The maximum absolute atomic E-state index is 12.4. The molecular weight excluding hydrogens is 266 g/mol. The Hall–Kier alpha value is -1.11. The summed E-state index contributed by atoms with van der Waals surface area (Å²) < 4.78 is 31.3. The van der Waals surface area contributed by atoms with Crippen LogP contribution in [0.15, 0.2) is 23.1 Å². The van der Waals surface area contributed by atoms with Crippen LogP contribution in [-0.4, -0.2) is 38.5 Å². The summed E-state index contributed by atoms with van der Waals surface area (Å²) >= 11 is 0. The van der Waals surface area contributed by atoms with Crippen LogP contribution < -0.4 is 4.74 Å². The van der Waals surface area contributed by atoms with Gasteiger partial charge in [-0.05, 0) is 23.6 Å². The topological polar surface area (TPSA) is 66.8 Å². The highest BCUT2D eigenvalue weighted by molar-refractivity contribution is 7.89. The molecular formula is C13H21NO4S. The first-order valence-electron chi connectivity index (χ1n) is 6.07. The van der Waals surface area contributed by atoms with Gasteiger partial charge in [0.2, 0.25) is 10.0 Å². The summed E-state index contributed by atoms with van der Waals surface area (Å²) in [6.07, 6.45) is 0. The molecule has 1 N–H and O–H groups in total. The van der Waals surface area contributed by atoms with Crippen molar-refractivity contribution < 1.29 is 18.3 Å². The number of nitrogens with zero attached hydrogens (tertiary/aromatic N) is 1. The van der Waals surface area contributed by atoms with E-state index in [1.165, 1.54) is 23.5 Å². The van der Waals surface area contributed by atoms with Crippen molar-refractivity contribution in [2.24, 2.45) is 5.92 Å². The molecule has 6 heteroatoms. The lowest BCUT2D eigenvalue weighted by Crippen LogP contribution is -2.30. The van der Waals surface area contributed by atoms with Gasteiger partial charge in [-0.1, -0.05) is 19.9 Å². The molecule has 5 nitrogen and oxygen atoms in total. The molecule has 0 aromatic heterocycles. The third-order valence-electron chi connectivity index (χ3n) is 2.72. The molecule has 0 atom stereocenters. The molecule has 1 aromatic carbocycles. The van der Waals surface area contributed by atoms with Crippen LogP contribution >= 0.6 is 0 Å². The van der Waals surface area contributed by atoms with E-state index in [4.69, 9.17) is 9.84 Å². The van der Waals surface area contributed by atoms with Gasteiger partial charge < -0.3 is 9.84 Å². The van der Waals surface area contributed by atoms with E-state index in [1.807, 2.05) is 13.8 Å². The van der Waals surface area contributed by atoms with Crippen LogP contribution in [0.3, 0.4) is 0 Å². The number of benzene rings is 1. The molecule has 108 valence electrons. The predicted molar refractivity (Wildman–Crippen MR) is 73.6 cm³/mol. The first-order valence-corrected chi connectivity index (χ1v) is 7.51. The summed E-state index contributed by atoms with van der Waals surface area (Å²) in [5, 5.41) is 9.06. The summed E-state index contributed by atoms with van der Waals surface area (Å²) in [5.74, 6) is 0.490. The minimum Gasteiger partial charge on any atom is -0.495 e. The number of hydrogen-bond acceptors (Lipinski definition) is 4. The minimum atomic E-state index is -3.58. The first-order chi connectivity index (χ1) is 8.82. The SMILES string of the molecule is COc1cc(CO)ccc1S(=O)(=O)N(C)CC(C)C. The van der Waals surface area contributed by atoms with Crippen molar-refractivity contribution in [1.82, 2.24) is 4.31 Å². The van der Waals surface area contributed by atoms with E-state index in [2.05, 4.69) is 0 Å². The number of aliphatic hydroxyl groups is 1. The lowest BCUT2D eigenvalue weighted by Gasteiger charge is -2.20. The molecule has 0 aliphatic rings. The Morgan fingerprint density at radius 1 is 1.37 bits per heavy atom. The Kier molecular flexibility index (Phi) is 5.34. The van der Waals surface area contributed by atoms with Gasteiger partial charge in [-0.25, -0.2) is 12.7 Å². The fourth-order valence-electron chi connectivity index (χ4n) is 1.80. The molecule has 0 heterocycles. The van der Waals surface area contributed by atoms with Gasteiger partial charge in [-0.3, -0.25) is 0 Å². The van der Waals surface area contributed by atoms with E-state index in [0.29, 0.717) is 12.1 Å². The van der Waals surface area contributed by atoms with Crippen molar-refractivity contribution in [1.29, 1.82) is 0 Å². The monoisotopic (exact) mass is 287 g/mol. The molecule has 0 spiro atoms. The third kappa shape index (κ3) is 3.68. The quantitative estimate of drug-likeness (QED) is 0.860. The van der Waals surface area contributed by atoms with Gasteiger partial charge in [0.05, 0.1) is 13.7 Å². The smallest absolute Gasteiger partial charge is 0.246 e. The molecule has 0 aliphatic heterocycles. The number of hydrogen-bond donors (Lipinski definition) is 1. The number of aliphatic hydroxyl groups excluding tert-OH is 1. The van der Waals surface area contributed by atoms with E-state index >= 15 is 0 Å². The Morgan fingerprint density at radius 3 is 2.47 bits per heavy atom. The highest BCUT2D eigenvalue weighted by Crippen LogP contribution is 2.27. The second-order valence-corrected chi connectivity index (χ2v) is 6.84. The lowest BCUT2D eigenvalue weighted by atomic mass is 10.2. The van der Waals surface area contributed by atoms with Crippen LogP contribution in [0.25, 0.3) is 0 Å². The van der Waals surface area contributed by atoms with Gasteiger partial charge in [0.25, 0.3) is 0 Å². The normalized spacial score (nSPS) is 12.2. The molecule has 1 rings (SSSR count). The van der Waals surface area contributed by atoms with E-state index < -0.39 is 10.0 Å². The van der Waals surface area contributed by atoms with Crippen LogP contribution in [0.5, 0.6) is 5.75 Å². The van der Waals surface area contributed by atoms with E-state index in [1.54, 1.807) is 13.1 Å². The highest BCUT2D eigenvalue weighted by Gasteiger charge is 2.25. The van der Waals surface area contributed by atoms with Crippen molar-refractivity contribution in [3.05, 3.63) is 23.8 Å². The molecule has 0 aliphatic carbocycles. The number of rotatable bonds is 6. The zero-order chi connectivity index (χ0) is 14.6. The van der Waals surface area contributed by atoms with Gasteiger partial charge in [0.15, 0.2) is 0 Å². The van der Waals surface area contributed by atoms with Crippen LogP contribution in [0.1, 0.15) is 19.4 Å². The van der Waals surface area contributed by atoms with Crippen molar-refractivity contribution in [2.45, 2.75) is 25.3 Å². The van der Waals surface area contributed by atoms with Crippen molar-refractivity contribution in [3.63, 3.8) is 0 Å². The van der Waals surface area contributed by atoms with E-state index in [9.17, 15) is 8.42 Å². The van der Waals surface area contributed by atoms with Gasteiger partial charge in [-0.15, -0.1) is 0 Å². The maximum Gasteiger partial charge on any atom is 0.246 e. The number of ether oxygens (including phenoxy) is 1. The highest BCUT2D eigenvalue weighted by atomic mass is 32.2. The Labute approximate surface area is 114 Å². The minimum absolute atomic E-state index is 0.121. The summed E-state index contributed by atoms with van der Waals surface area (Å²) in [6, 6.07) is 4.59. The molecule has 0 saturated carbocycles. The van der Waals surface area contributed by atoms with Crippen LogP contribution in [-0.2, 0) is 16.6 Å². The third-order valence-corrected chi connectivity index (χ3v) is 4.58. The number of sulfonamides is 1. The lowest BCUT2D eigenvalue weighted by molar-refractivity contribution is 0.280. The summed E-state index contributed by atoms with van der Waals surface area (Å²) in [4.78, 5) is 0.121. The number of methoxy groups -OCH3 is 1. The maximum atomic E-state index is 12.4. The fraction of sp³-hybridized carbons (Fsp3) is 0.538. The Morgan fingerprint density at radius 2 is 2.00 bits per heavy atom. The molecule has 0 saturated heterocycles. The second kappa shape index (κ2) is 6.36. The van der Waals surface area contributed by atoms with E-state index in [-0.39, 0.29) is 23.2 Å². The Balaban J connectivity index is 3.21. The van der Waals surface area contributed by atoms with E-state index in [0.717, 1.165) is 0 Å². The van der Waals surface area contributed by atoms with Gasteiger partial charge in [-0.2, -0.15) is 0 Å². The standard InChI is InChI=1S/C13H21NO4S/c1-10(2)8-14(3)19(16,17)13-6-5-11(9-15)7-12(13)18-4/h5-7,10,15H,8-9H2,1-4H3. The largest absolute Gasteiger partial charge is 0.495 e. The van der Waals surface area contributed by atoms with Crippen LogP contribution in [0, 0.1) is 5.92 Å². The fourth-order valence-corrected chi connectivity index (χ4v) is 3.27. The molecule has 0 unspecified atom stereocenters. The zero-order valence-electron chi connectivity index (χ0n) is 11.8. The van der Waals surface area contributed by atoms with Gasteiger partial charge >= 0.3 is 0 Å². The predicted octanol–water partition coefficient (Wildman–Crippen LogP) is 1.46. The van der Waals surface area contributed by atoms with Crippen molar-refractivity contribution >= 4 is 10.0 Å². The molecule has 0 bridgehead atoms. The summed E-state index contributed by atoms with van der Waals surface area (Å²) in [6.45, 7) is 4.20. The van der Waals surface area contributed by atoms with Gasteiger partial charge in [0, 0.05) is 13.6 Å². The van der Waals surface area contributed by atoms with Crippen molar-refractivity contribution in [2.75, 3.05) is 20.7 Å². The average molecular weight is 287 g/mol. The molecule has 1 aromatic rings. The molecule has 19 heavy (non-hydrogen) atoms. The zero-order valence-corrected chi connectivity index (χ0v) is 12.6. The Bertz CT molecular complexity index is 525. The van der Waals surface area contributed by atoms with Gasteiger partial charge in [0.1, 0.15) is 10.6 Å². The molecule has 0 radical (unpaired) electrons. The average Bonchev–Trinajstić information content (AvgIpc) is 2.36. The summed E-state index contributed by atoms with van der Waals surface area (Å²) in [5.41, 5.74) is 0.613. The van der Waals surface area contributed by atoms with Crippen LogP contribution in [0.4, 0.5) is 0 Å². The van der Waals surface area contributed by atoms with Crippen LogP contribution in [0.2, 0.25) is 0 Å². The first kappa shape index (κ1) is 15.9. The second-order valence-electron chi connectivity index (χ2n) is 4.82. The summed E-state index contributed by atoms with van der Waals surface area (Å²) in [7, 11) is -0.610. The molecule has 0 fully saturated rings. The molecule has 0 amide bonds. The van der Waals surface area contributed by atoms with Crippen molar-refractivity contribution in [3.8, 4) is 5.75 Å².